The quantitative estimate of drug-likeness (QED) is 0.197. The highest BCUT2D eigenvalue weighted by molar-refractivity contribution is 6.31. The van der Waals surface area contributed by atoms with Crippen molar-refractivity contribution in [2.75, 3.05) is 0 Å². The summed E-state index contributed by atoms with van der Waals surface area (Å²) < 4.78 is 4.63. The molecule has 5 heteroatoms. The molecule has 10 rings (SSSR count). The van der Waals surface area contributed by atoms with E-state index >= 15 is 0 Å². The molecule has 7 aromatic carbocycles. The number of benzene rings is 7. The van der Waals surface area contributed by atoms with Crippen molar-refractivity contribution in [1.82, 2.24) is 19.1 Å². The minimum atomic E-state index is 0.728. The van der Waals surface area contributed by atoms with Gasteiger partial charge in [-0.2, -0.15) is 0 Å². The molecule has 47 heavy (non-hydrogen) atoms. The van der Waals surface area contributed by atoms with Gasteiger partial charge < -0.3 is 4.57 Å². The summed E-state index contributed by atoms with van der Waals surface area (Å²) in [6.07, 6.45) is 0. The summed E-state index contributed by atoms with van der Waals surface area (Å²) in [4.78, 5) is 10.7. The SMILES string of the molecule is Clc1ccc2cc3c(cc2c1)c1ccccc1n3-c1nc2ccccc2nc1-c1ccc2c3ccccc3n(-c3ccccc3)c2c1. The minimum absolute atomic E-state index is 0.728. The number of fused-ring (bicyclic) bond motifs is 8. The number of nitrogens with zero attached hydrogens (tertiary/aromatic N) is 4. The zero-order chi connectivity index (χ0) is 31.1. The highest BCUT2D eigenvalue weighted by Gasteiger charge is 2.21. The van der Waals surface area contributed by atoms with E-state index in [1.165, 1.54) is 16.3 Å². The molecule has 0 unspecified atom stereocenters. The number of aromatic nitrogens is 4. The van der Waals surface area contributed by atoms with Crippen LogP contribution in [0.4, 0.5) is 0 Å². The van der Waals surface area contributed by atoms with Gasteiger partial charge in [0.2, 0.25) is 0 Å². The van der Waals surface area contributed by atoms with Gasteiger partial charge in [0.1, 0.15) is 5.69 Å². The molecule has 3 aromatic heterocycles. The monoisotopic (exact) mass is 620 g/mol. The molecule has 3 heterocycles. The Morgan fingerprint density at radius 3 is 1.87 bits per heavy atom. The summed E-state index contributed by atoms with van der Waals surface area (Å²) >= 11 is 6.43. The van der Waals surface area contributed by atoms with E-state index in [1.54, 1.807) is 0 Å². The van der Waals surface area contributed by atoms with E-state index in [4.69, 9.17) is 21.6 Å². The maximum atomic E-state index is 6.43. The smallest absolute Gasteiger partial charge is 0.165 e. The second-order valence-electron chi connectivity index (χ2n) is 12.0. The maximum Gasteiger partial charge on any atom is 0.165 e. The van der Waals surface area contributed by atoms with Crippen molar-refractivity contribution in [3.63, 3.8) is 0 Å². The Bertz CT molecular complexity index is 2860. The Hall–Kier alpha value is -5.97. The zero-order valence-corrected chi connectivity index (χ0v) is 25.9. The first-order valence-electron chi connectivity index (χ1n) is 15.7. The predicted octanol–water partition coefficient (Wildman–Crippen LogP) is 11.3. The molecule has 0 aliphatic carbocycles. The Labute approximate surface area is 274 Å². The molecule has 220 valence electrons. The number of rotatable bonds is 3. The average Bonchev–Trinajstić information content (AvgIpc) is 3.62. The van der Waals surface area contributed by atoms with Crippen LogP contribution in [0.1, 0.15) is 0 Å². The van der Waals surface area contributed by atoms with Gasteiger partial charge in [-0.1, -0.05) is 96.5 Å². The van der Waals surface area contributed by atoms with E-state index in [0.29, 0.717) is 0 Å². The third-order valence-electron chi connectivity index (χ3n) is 9.32. The summed E-state index contributed by atoms with van der Waals surface area (Å²) in [7, 11) is 0. The fourth-order valence-electron chi connectivity index (χ4n) is 7.22. The van der Waals surface area contributed by atoms with Crippen LogP contribution in [0.2, 0.25) is 5.02 Å². The molecule has 0 saturated heterocycles. The summed E-state index contributed by atoms with van der Waals surface area (Å²) in [6, 6.07) is 53.1. The van der Waals surface area contributed by atoms with Crippen LogP contribution in [0.3, 0.4) is 0 Å². The van der Waals surface area contributed by atoms with Gasteiger partial charge in [-0.3, -0.25) is 4.57 Å². The standard InChI is InChI=1S/C42H25ClN4/c43-29-20-18-26-24-40-34(23-28(26)22-29)32-13-5-9-17-38(32)47(40)42-41(44-35-14-6-7-15-36(35)45-42)27-19-21-33-31-12-4-8-16-37(31)46(39(33)25-27)30-10-2-1-3-11-30/h1-25H. The molecule has 4 nitrogen and oxygen atoms in total. The highest BCUT2D eigenvalue weighted by atomic mass is 35.5. The highest BCUT2D eigenvalue weighted by Crippen LogP contribution is 2.40. The molecule has 0 saturated carbocycles. The first kappa shape index (κ1) is 26.3. The van der Waals surface area contributed by atoms with Crippen molar-refractivity contribution in [2.24, 2.45) is 0 Å². The van der Waals surface area contributed by atoms with Gasteiger partial charge in [-0.25, -0.2) is 9.97 Å². The largest absolute Gasteiger partial charge is 0.309 e. The molecule has 0 spiro atoms. The van der Waals surface area contributed by atoms with Gasteiger partial charge in [0, 0.05) is 37.8 Å². The molecule has 0 aliphatic heterocycles. The van der Waals surface area contributed by atoms with E-state index in [2.05, 4.69) is 124 Å². The summed E-state index contributed by atoms with van der Waals surface area (Å²) in [5.74, 6) is 0.796. The molecule has 0 aliphatic rings. The van der Waals surface area contributed by atoms with Gasteiger partial charge in [-0.05, 0) is 77.5 Å². The molecular formula is C42H25ClN4. The fraction of sp³-hybridized carbons (Fsp3) is 0. The molecule has 0 radical (unpaired) electrons. The maximum absolute atomic E-state index is 6.43. The molecule has 0 bridgehead atoms. The lowest BCUT2D eigenvalue weighted by Crippen LogP contribution is -2.04. The van der Waals surface area contributed by atoms with E-state index in [-0.39, 0.29) is 0 Å². The lowest BCUT2D eigenvalue weighted by molar-refractivity contribution is 1.08. The molecule has 0 atom stereocenters. The summed E-state index contributed by atoms with van der Waals surface area (Å²) in [5.41, 5.74) is 9.11. The van der Waals surface area contributed by atoms with Crippen molar-refractivity contribution >= 4 is 77.0 Å². The van der Waals surface area contributed by atoms with Gasteiger partial charge in [0.05, 0.1) is 33.1 Å². The molecular weight excluding hydrogens is 596 g/mol. The van der Waals surface area contributed by atoms with Gasteiger partial charge >= 0.3 is 0 Å². The average molecular weight is 621 g/mol. The van der Waals surface area contributed by atoms with Crippen LogP contribution in [0, 0.1) is 0 Å². The Morgan fingerprint density at radius 2 is 1.06 bits per heavy atom. The molecule has 0 amide bonds. The van der Waals surface area contributed by atoms with Gasteiger partial charge in [0.15, 0.2) is 5.82 Å². The van der Waals surface area contributed by atoms with Crippen molar-refractivity contribution in [3.05, 3.63) is 157 Å². The van der Waals surface area contributed by atoms with Crippen LogP contribution in [-0.2, 0) is 0 Å². The second-order valence-corrected chi connectivity index (χ2v) is 12.5. The topological polar surface area (TPSA) is 35.6 Å². The Balaban J connectivity index is 1.32. The molecule has 0 fully saturated rings. The van der Waals surface area contributed by atoms with Crippen molar-refractivity contribution in [3.8, 4) is 22.8 Å². The first-order valence-corrected chi connectivity index (χ1v) is 16.1. The molecule has 0 N–H and O–H groups in total. The van der Waals surface area contributed by atoms with Crippen LogP contribution in [0.15, 0.2) is 152 Å². The van der Waals surface area contributed by atoms with Crippen LogP contribution in [-0.4, -0.2) is 19.1 Å². The van der Waals surface area contributed by atoms with Crippen LogP contribution < -0.4 is 0 Å². The van der Waals surface area contributed by atoms with E-state index in [1.807, 2.05) is 36.4 Å². The predicted molar refractivity (Wildman–Crippen MR) is 196 cm³/mol. The van der Waals surface area contributed by atoms with Crippen molar-refractivity contribution < 1.29 is 0 Å². The van der Waals surface area contributed by atoms with Crippen molar-refractivity contribution in [1.29, 1.82) is 0 Å². The van der Waals surface area contributed by atoms with Gasteiger partial charge in [0.25, 0.3) is 0 Å². The first-order chi connectivity index (χ1) is 23.2. The zero-order valence-electron chi connectivity index (χ0n) is 25.1. The number of para-hydroxylation sites is 5. The lowest BCUT2D eigenvalue weighted by atomic mass is 10.1. The van der Waals surface area contributed by atoms with E-state index in [0.717, 1.165) is 76.9 Å². The van der Waals surface area contributed by atoms with Crippen LogP contribution >= 0.6 is 11.6 Å². The van der Waals surface area contributed by atoms with E-state index in [9.17, 15) is 0 Å². The lowest BCUT2D eigenvalue weighted by Gasteiger charge is -2.14. The minimum Gasteiger partial charge on any atom is -0.309 e. The number of hydrogen-bond acceptors (Lipinski definition) is 2. The third-order valence-corrected chi connectivity index (χ3v) is 9.55. The molecule has 10 aromatic rings. The number of hydrogen-bond donors (Lipinski definition) is 0. The summed E-state index contributed by atoms with van der Waals surface area (Å²) in [6.45, 7) is 0. The van der Waals surface area contributed by atoms with Gasteiger partial charge in [-0.15, -0.1) is 0 Å². The van der Waals surface area contributed by atoms with E-state index < -0.39 is 0 Å². The normalized spacial score (nSPS) is 11.9. The van der Waals surface area contributed by atoms with Crippen LogP contribution in [0.25, 0.3) is 88.2 Å². The Morgan fingerprint density at radius 1 is 0.426 bits per heavy atom. The third kappa shape index (κ3) is 3.95. The fourth-order valence-corrected chi connectivity index (χ4v) is 7.41. The van der Waals surface area contributed by atoms with Crippen molar-refractivity contribution in [2.45, 2.75) is 0 Å². The summed E-state index contributed by atoms with van der Waals surface area (Å²) in [5, 5.41) is 7.68. The van der Waals surface area contributed by atoms with Crippen LogP contribution in [0.5, 0.6) is 0 Å². The Kier molecular flexibility index (Phi) is 5.60. The number of halogens is 1. The second kappa shape index (κ2) is 10.0.